The van der Waals surface area contributed by atoms with Crippen molar-refractivity contribution in [3.63, 3.8) is 0 Å². The van der Waals surface area contributed by atoms with Gasteiger partial charge in [0.1, 0.15) is 5.75 Å². The van der Waals surface area contributed by atoms with E-state index in [1.54, 1.807) is 0 Å². The standard InChI is InChI=1S/C14H20N2O2/c15-14(17)10-18-13-6-4-12(5-7-13)9-16-8-11-2-1-3-11/h4-7,11,16H,1-3,8-10H2,(H2,15,17). The first kappa shape index (κ1) is 12.9. The average Bonchev–Trinajstić information content (AvgIpc) is 2.31. The van der Waals surface area contributed by atoms with E-state index in [-0.39, 0.29) is 6.61 Å². The second-order valence-electron chi connectivity index (χ2n) is 4.83. The molecule has 98 valence electrons. The van der Waals surface area contributed by atoms with Crippen LogP contribution in [0.5, 0.6) is 5.75 Å². The largest absolute Gasteiger partial charge is 0.484 e. The highest BCUT2D eigenvalue weighted by Crippen LogP contribution is 2.25. The van der Waals surface area contributed by atoms with Gasteiger partial charge in [-0.15, -0.1) is 0 Å². The van der Waals surface area contributed by atoms with Gasteiger partial charge in [0, 0.05) is 6.54 Å². The highest BCUT2D eigenvalue weighted by molar-refractivity contribution is 5.75. The van der Waals surface area contributed by atoms with Crippen LogP contribution < -0.4 is 15.8 Å². The molecule has 0 unspecified atom stereocenters. The number of rotatable bonds is 7. The van der Waals surface area contributed by atoms with Crippen molar-refractivity contribution in [3.05, 3.63) is 29.8 Å². The summed E-state index contributed by atoms with van der Waals surface area (Å²) in [5, 5.41) is 3.46. The summed E-state index contributed by atoms with van der Waals surface area (Å²) in [7, 11) is 0. The molecule has 1 aromatic rings. The molecule has 1 aliphatic carbocycles. The van der Waals surface area contributed by atoms with E-state index in [4.69, 9.17) is 10.5 Å². The van der Waals surface area contributed by atoms with Crippen LogP contribution in [0.2, 0.25) is 0 Å². The monoisotopic (exact) mass is 248 g/mol. The Morgan fingerprint density at radius 1 is 1.33 bits per heavy atom. The average molecular weight is 248 g/mol. The maximum atomic E-state index is 10.6. The Kier molecular flexibility index (Phi) is 4.59. The van der Waals surface area contributed by atoms with Crippen LogP contribution in [-0.4, -0.2) is 19.1 Å². The van der Waals surface area contributed by atoms with Crippen molar-refractivity contribution in [1.82, 2.24) is 5.32 Å². The maximum Gasteiger partial charge on any atom is 0.255 e. The van der Waals surface area contributed by atoms with Gasteiger partial charge in [0.05, 0.1) is 0 Å². The highest BCUT2D eigenvalue weighted by atomic mass is 16.5. The third-order valence-corrected chi connectivity index (χ3v) is 3.29. The minimum absolute atomic E-state index is 0.0702. The van der Waals surface area contributed by atoms with E-state index in [1.807, 2.05) is 24.3 Å². The predicted molar refractivity (Wildman–Crippen MR) is 70.2 cm³/mol. The number of carbonyl (C=O) groups excluding carboxylic acids is 1. The van der Waals surface area contributed by atoms with Crippen molar-refractivity contribution in [2.75, 3.05) is 13.2 Å². The van der Waals surface area contributed by atoms with E-state index < -0.39 is 5.91 Å². The number of hydrogen-bond donors (Lipinski definition) is 2. The molecule has 1 aliphatic rings. The van der Waals surface area contributed by atoms with E-state index in [0.717, 1.165) is 19.0 Å². The summed E-state index contributed by atoms with van der Waals surface area (Å²) in [4.78, 5) is 10.6. The lowest BCUT2D eigenvalue weighted by Crippen LogP contribution is -2.26. The molecule has 1 fully saturated rings. The van der Waals surface area contributed by atoms with Gasteiger partial charge in [0.2, 0.25) is 0 Å². The molecule has 0 saturated heterocycles. The van der Waals surface area contributed by atoms with Gasteiger partial charge in [-0.2, -0.15) is 0 Å². The number of ether oxygens (including phenoxy) is 1. The number of amides is 1. The molecule has 2 rings (SSSR count). The molecule has 0 spiro atoms. The summed E-state index contributed by atoms with van der Waals surface area (Å²) in [5.41, 5.74) is 6.23. The molecular formula is C14H20N2O2. The first-order chi connectivity index (χ1) is 8.74. The Morgan fingerprint density at radius 2 is 2.06 bits per heavy atom. The SMILES string of the molecule is NC(=O)COc1ccc(CNCC2CCC2)cc1. The summed E-state index contributed by atoms with van der Waals surface area (Å²) in [5.74, 6) is 1.10. The molecule has 4 heteroatoms. The summed E-state index contributed by atoms with van der Waals surface area (Å²) >= 11 is 0. The fourth-order valence-corrected chi connectivity index (χ4v) is 1.98. The van der Waals surface area contributed by atoms with E-state index in [2.05, 4.69) is 5.32 Å². The van der Waals surface area contributed by atoms with Crippen LogP contribution in [0.4, 0.5) is 0 Å². The molecule has 1 aromatic carbocycles. The fourth-order valence-electron chi connectivity index (χ4n) is 1.98. The Labute approximate surface area is 108 Å². The molecule has 0 atom stereocenters. The zero-order chi connectivity index (χ0) is 12.8. The number of hydrogen-bond acceptors (Lipinski definition) is 3. The van der Waals surface area contributed by atoms with Gasteiger partial charge in [0.15, 0.2) is 6.61 Å². The highest BCUT2D eigenvalue weighted by Gasteiger charge is 2.16. The van der Waals surface area contributed by atoms with Crippen LogP contribution in [0.15, 0.2) is 24.3 Å². The Bertz CT molecular complexity index is 385. The molecule has 0 aromatic heterocycles. The predicted octanol–water partition coefficient (Wildman–Crippen LogP) is 1.44. The van der Waals surface area contributed by atoms with Crippen molar-refractivity contribution in [2.24, 2.45) is 11.7 Å². The van der Waals surface area contributed by atoms with Gasteiger partial charge >= 0.3 is 0 Å². The second kappa shape index (κ2) is 6.40. The molecule has 1 amide bonds. The first-order valence-corrected chi connectivity index (χ1v) is 6.45. The van der Waals surface area contributed by atoms with Gasteiger partial charge in [-0.3, -0.25) is 4.79 Å². The lowest BCUT2D eigenvalue weighted by atomic mass is 9.85. The van der Waals surface area contributed by atoms with Crippen LogP contribution in [0.3, 0.4) is 0 Å². The second-order valence-corrected chi connectivity index (χ2v) is 4.83. The number of carbonyl (C=O) groups is 1. The molecule has 3 N–H and O–H groups in total. The Hall–Kier alpha value is -1.55. The van der Waals surface area contributed by atoms with Crippen LogP contribution in [-0.2, 0) is 11.3 Å². The zero-order valence-electron chi connectivity index (χ0n) is 10.5. The van der Waals surface area contributed by atoms with Crippen molar-refractivity contribution >= 4 is 5.91 Å². The molecular weight excluding hydrogens is 228 g/mol. The molecule has 0 radical (unpaired) electrons. The summed E-state index contributed by atoms with van der Waals surface area (Å²) < 4.78 is 5.20. The van der Waals surface area contributed by atoms with Gasteiger partial charge in [0.25, 0.3) is 5.91 Å². The summed E-state index contributed by atoms with van der Waals surface area (Å²) in [6, 6.07) is 7.74. The number of nitrogens with two attached hydrogens (primary N) is 1. The van der Waals surface area contributed by atoms with Gasteiger partial charge < -0.3 is 15.8 Å². The summed E-state index contributed by atoms with van der Waals surface area (Å²) in [6.07, 6.45) is 4.12. The number of primary amides is 1. The fraction of sp³-hybridized carbons (Fsp3) is 0.500. The lowest BCUT2D eigenvalue weighted by Gasteiger charge is -2.25. The van der Waals surface area contributed by atoms with E-state index in [1.165, 1.54) is 24.8 Å². The third-order valence-electron chi connectivity index (χ3n) is 3.29. The first-order valence-electron chi connectivity index (χ1n) is 6.45. The van der Waals surface area contributed by atoms with Crippen LogP contribution in [0, 0.1) is 5.92 Å². The third kappa shape index (κ3) is 4.04. The topological polar surface area (TPSA) is 64.4 Å². The Morgan fingerprint density at radius 3 is 2.61 bits per heavy atom. The zero-order valence-corrected chi connectivity index (χ0v) is 10.5. The van der Waals surface area contributed by atoms with Crippen molar-refractivity contribution in [1.29, 1.82) is 0 Å². The molecule has 0 heterocycles. The smallest absolute Gasteiger partial charge is 0.255 e. The van der Waals surface area contributed by atoms with Gasteiger partial charge in [-0.25, -0.2) is 0 Å². The van der Waals surface area contributed by atoms with Crippen LogP contribution >= 0.6 is 0 Å². The number of nitrogens with one attached hydrogen (secondary N) is 1. The summed E-state index contributed by atoms with van der Waals surface area (Å²) in [6.45, 7) is 1.92. The van der Waals surface area contributed by atoms with Gasteiger partial charge in [-0.1, -0.05) is 18.6 Å². The quantitative estimate of drug-likeness (QED) is 0.767. The van der Waals surface area contributed by atoms with E-state index in [9.17, 15) is 4.79 Å². The molecule has 4 nitrogen and oxygen atoms in total. The molecule has 18 heavy (non-hydrogen) atoms. The van der Waals surface area contributed by atoms with Crippen LogP contribution in [0.25, 0.3) is 0 Å². The minimum atomic E-state index is -0.457. The van der Waals surface area contributed by atoms with Crippen molar-refractivity contribution < 1.29 is 9.53 Å². The minimum Gasteiger partial charge on any atom is -0.484 e. The van der Waals surface area contributed by atoms with Crippen molar-refractivity contribution in [3.8, 4) is 5.75 Å². The molecule has 1 saturated carbocycles. The maximum absolute atomic E-state index is 10.6. The number of benzene rings is 1. The lowest BCUT2D eigenvalue weighted by molar-refractivity contribution is -0.119. The van der Waals surface area contributed by atoms with Crippen LogP contribution in [0.1, 0.15) is 24.8 Å². The van der Waals surface area contributed by atoms with Crippen molar-refractivity contribution in [2.45, 2.75) is 25.8 Å². The normalized spacial score (nSPS) is 15.1. The van der Waals surface area contributed by atoms with Gasteiger partial charge in [-0.05, 0) is 43.0 Å². The Balaban J connectivity index is 1.70. The van der Waals surface area contributed by atoms with E-state index in [0.29, 0.717) is 5.75 Å². The molecule has 0 bridgehead atoms. The van der Waals surface area contributed by atoms with E-state index >= 15 is 0 Å². The molecule has 0 aliphatic heterocycles.